The Bertz CT molecular complexity index is 766. The molecule has 0 fully saturated rings. The monoisotopic (exact) mass is 284 g/mol. The molecule has 0 heterocycles. The number of benzene rings is 2. The zero-order valence-electron chi connectivity index (χ0n) is 10.6. The standard InChI is InChI=1S/C15H9FN2O3/c16-12-6-2-5-11(15(20)21)13(12)18-14(19)10-4-1-3-9(7-10)8-17/h1-7H,(H,18,19)(H,20,21). The zero-order chi connectivity index (χ0) is 15.4. The molecule has 0 aliphatic carbocycles. The van der Waals surface area contributed by atoms with Gasteiger partial charge in [0.25, 0.3) is 5.91 Å². The van der Waals surface area contributed by atoms with Crippen LogP contribution in [0.4, 0.5) is 10.1 Å². The van der Waals surface area contributed by atoms with Gasteiger partial charge in [0, 0.05) is 5.56 Å². The number of carboxylic acid groups (broad SMARTS) is 1. The number of carbonyl (C=O) groups excluding carboxylic acids is 1. The van der Waals surface area contributed by atoms with Crippen LogP contribution in [0, 0.1) is 17.1 Å². The quantitative estimate of drug-likeness (QED) is 0.906. The summed E-state index contributed by atoms with van der Waals surface area (Å²) in [7, 11) is 0. The number of hydrogen-bond acceptors (Lipinski definition) is 3. The molecule has 0 unspecified atom stereocenters. The Kier molecular flexibility index (Phi) is 3.95. The molecular weight excluding hydrogens is 275 g/mol. The minimum Gasteiger partial charge on any atom is -0.478 e. The lowest BCUT2D eigenvalue weighted by Crippen LogP contribution is -2.16. The predicted octanol–water partition coefficient (Wildman–Crippen LogP) is 2.65. The van der Waals surface area contributed by atoms with Crippen LogP contribution < -0.4 is 5.32 Å². The third kappa shape index (κ3) is 3.04. The number of aromatic carboxylic acids is 1. The number of rotatable bonds is 3. The van der Waals surface area contributed by atoms with Gasteiger partial charge in [-0.3, -0.25) is 4.79 Å². The molecule has 0 atom stereocenters. The van der Waals surface area contributed by atoms with E-state index in [-0.39, 0.29) is 16.7 Å². The van der Waals surface area contributed by atoms with Gasteiger partial charge in [0.2, 0.25) is 0 Å². The summed E-state index contributed by atoms with van der Waals surface area (Å²) >= 11 is 0. The van der Waals surface area contributed by atoms with Gasteiger partial charge in [0.1, 0.15) is 5.82 Å². The van der Waals surface area contributed by atoms with Crippen LogP contribution in [0.25, 0.3) is 0 Å². The fourth-order valence-corrected chi connectivity index (χ4v) is 1.75. The van der Waals surface area contributed by atoms with Crippen LogP contribution in [0.5, 0.6) is 0 Å². The molecule has 0 spiro atoms. The van der Waals surface area contributed by atoms with Crippen LogP contribution in [0.15, 0.2) is 42.5 Å². The summed E-state index contributed by atoms with van der Waals surface area (Å²) in [6.07, 6.45) is 0. The molecule has 0 aliphatic rings. The third-order valence-electron chi connectivity index (χ3n) is 2.74. The summed E-state index contributed by atoms with van der Waals surface area (Å²) in [4.78, 5) is 23.1. The second-order valence-corrected chi connectivity index (χ2v) is 4.11. The van der Waals surface area contributed by atoms with Crippen molar-refractivity contribution in [3.63, 3.8) is 0 Å². The van der Waals surface area contributed by atoms with Gasteiger partial charge in [0.05, 0.1) is 22.9 Å². The number of nitriles is 1. The minimum absolute atomic E-state index is 0.133. The molecule has 6 heteroatoms. The molecule has 2 rings (SSSR count). The number of nitrogens with zero attached hydrogens (tertiary/aromatic N) is 1. The topological polar surface area (TPSA) is 90.2 Å². The Labute approximate surface area is 119 Å². The number of para-hydroxylation sites is 1. The van der Waals surface area contributed by atoms with E-state index in [2.05, 4.69) is 5.32 Å². The lowest BCUT2D eigenvalue weighted by Gasteiger charge is -2.09. The van der Waals surface area contributed by atoms with Crippen molar-refractivity contribution < 1.29 is 19.1 Å². The average molecular weight is 284 g/mol. The number of amides is 1. The highest BCUT2D eigenvalue weighted by Gasteiger charge is 2.17. The number of carbonyl (C=O) groups is 2. The molecule has 0 saturated heterocycles. The van der Waals surface area contributed by atoms with Crippen molar-refractivity contribution in [2.45, 2.75) is 0 Å². The molecule has 1 amide bonds. The number of hydrogen-bond donors (Lipinski definition) is 2. The van der Waals surface area contributed by atoms with Crippen molar-refractivity contribution in [3.05, 3.63) is 65.0 Å². The van der Waals surface area contributed by atoms with E-state index in [0.717, 1.165) is 6.07 Å². The minimum atomic E-state index is -1.35. The van der Waals surface area contributed by atoms with Gasteiger partial charge in [-0.25, -0.2) is 9.18 Å². The Morgan fingerprint density at radius 2 is 1.90 bits per heavy atom. The van der Waals surface area contributed by atoms with Crippen LogP contribution >= 0.6 is 0 Å². The van der Waals surface area contributed by atoms with Crippen molar-refractivity contribution in [2.75, 3.05) is 5.32 Å². The highest BCUT2D eigenvalue weighted by Crippen LogP contribution is 2.21. The van der Waals surface area contributed by atoms with Crippen LogP contribution in [0.1, 0.15) is 26.3 Å². The lowest BCUT2D eigenvalue weighted by molar-refractivity contribution is 0.0697. The summed E-state index contributed by atoms with van der Waals surface area (Å²) in [5.41, 5.74) is -0.347. The Morgan fingerprint density at radius 3 is 2.57 bits per heavy atom. The first kappa shape index (κ1) is 14.2. The average Bonchev–Trinajstić information content (AvgIpc) is 2.49. The maximum Gasteiger partial charge on any atom is 0.337 e. The Hall–Kier alpha value is -3.20. The molecule has 2 aromatic carbocycles. The van der Waals surface area contributed by atoms with Crippen LogP contribution in [-0.4, -0.2) is 17.0 Å². The van der Waals surface area contributed by atoms with Gasteiger partial charge in [-0.2, -0.15) is 5.26 Å². The Balaban J connectivity index is 2.36. The van der Waals surface area contributed by atoms with E-state index in [9.17, 15) is 14.0 Å². The van der Waals surface area contributed by atoms with Crippen molar-refractivity contribution in [1.82, 2.24) is 0 Å². The van der Waals surface area contributed by atoms with Gasteiger partial charge >= 0.3 is 5.97 Å². The number of carboxylic acids is 1. The van der Waals surface area contributed by atoms with Crippen LogP contribution in [0.2, 0.25) is 0 Å². The van der Waals surface area contributed by atoms with E-state index in [4.69, 9.17) is 10.4 Å². The highest BCUT2D eigenvalue weighted by molar-refractivity contribution is 6.07. The highest BCUT2D eigenvalue weighted by atomic mass is 19.1. The summed E-state index contributed by atoms with van der Waals surface area (Å²) in [5, 5.41) is 20.0. The lowest BCUT2D eigenvalue weighted by atomic mass is 10.1. The maximum atomic E-state index is 13.7. The Morgan fingerprint density at radius 1 is 1.19 bits per heavy atom. The van der Waals surface area contributed by atoms with E-state index >= 15 is 0 Å². The number of nitrogens with one attached hydrogen (secondary N) is 1. The molecule has 0 saturated carbocycles. The SMILES string of the molecule is N#Cc1cccc(C(=O)Nc2c(F)cccc2C(=O)O)c1. The summed E-state index contributed by atoms with van der Waals surface area (Å²) in [5.74, 6) is -2.89. The smallest absolute Gasteiger partial charge is 0.337 e. The normalized spacial score (nSPS) is 9.71. The summed E-state index contributed by atoms with van der Waals surface area (Å²) in [6, 6.07) is 11.2. The van der Waals surface area contributed by atoms with Gasteiger partial charge in [-0.1, -0.05) is 12.1 Å². The van der Waals surface area contributed by atoms with Gasteiger partial charge < -0.3 is 10.4 Å². The second kappa shape index (κ2) is 5.84. The van der Waals surface area contributed by atoms with Crippen LogP contribution in [0.3, 0.4) is 0 Å². The summed E-state index contributed by atoms with van der Waals surface area (Å²) < 4.78 is 13.7. The van der Waals surface area contributed by atoms with Gasteiger partial charge in [-0.15, -0.1) is 0 Å². The van der Waals surface area contributed by atoms with E-state index < -0.39 is 23.4 Å². The van der Waals surface area contributed by atoms with Gasteiger partial charge in [0.15, 0.2) is 0 Å². The first-order valence-corrected chi connectivity index (χ1v) is 5.86. The van der Waals surface area contributed by atoms with E-state index in [1.165, 1.54) is 36.4 Å². The molecule has 0 aliphatic heterocycles. The molecule has 0 bridgehead atoms. The van der Waals surface area contributed by atoms with Crippen LogP contribution in [-0.2, 0) is 0 Å². The number of anilines is 1. The zero-order valence-corrected chi connectivity index (χ0v) is 10.6. The fourth-order valence-electron chi connectivity index (χ4n) is 1.75. The predicted molar refractivity (Wildman–Crippen MR) is 72.5 cm³/mol. The number of halogens is 1. The van der Waals surface area contributed by atoms with Crippen molar-refractivity contribution >= 4 is 17.6 Å². The van der Waals surface area contributed by atoms with E-state index in [1.54, 1.807) is 0 Å². The molecule has 104 valence electrons. The first-order chi connectivity index (χ1) is 10.0. The first-order valence-electron chi connectivity index (χ1n) is 5.86. The van der Waals surface area contributed by atoms with Crippen molar-refractivity contribution in [3.8, 4) is 6.07 Å². The second-order valence-electron chi connectivity index (χ2n) is 4.11. The molecule has 2 N–H and O–H groups in total. The largest absolute Gasteiger partial charge is 0.478 e. The molecule has 0 aromatic heterocycles. The van der Waals surface area contributed by atoms with E-state index in [1.807, 2.05) is 6.07 Å². The molecule has 0 radical (unpaired) electrons. The summed E-state index contributed by atoms with van der Waals surface area (Å²) in [6.45, 7) is 0. The molecule has 21 heavy (non-hydrogen) atoms. The van der Waals surface area contributed by atoms with Crippen molar-refractivity contribution in [2.24, 2.45) is 0 Å². The molecule has 5 nitrogen and oxygen atoms in total. The third-order valence-corrected chi connectivity index (χ3v) is 2.74. The maximum absolute atomic E-state index is 13.7. The fraction of sp³-hybridized carbons (Fsp3) is 0. The molecule has 2 aromatic rings. The van der Waals surface area contributed by atoms with Gasteiger partial charge in [-0.05, 0) is 30.3 Å². The van der Waals surface area contributed by atoms with Crippen molar-refractivity contribution in [1.29, 1.82) is 5.26 Å². The molecular formula is C15H9FN2O3. The van der Waals surface area contributed by atoms with E-state index in [0.29, 0.717) is 0 Å².